The summed E-state index contributed by atoms with van der Waals surface area (Å²) in [7, 11) is 0. The van der Waals surface area contributed by atoms with Gasteiger partial charge in [-0.25, -0.2) is 0 Å². The van der Waals surface area contributed by atoms with E-state index in [9.17, 15) is 0 Å². The zero-order valence-electron chi connectivity index (χ0n) is 12.1. The van der Waals surface area contributed by atoms with Crippen LogP contribution in [0.15, 0.2) is 18.2 Å². The number of nitrogens with one attached hydrogen (secondary N) is 1. The van der Waals surface area contributed by atoms with Crippen molar-refractivity contribution in [2.45, 2.75) is 64.3 Å². The topological polar surface area (TPSA) is 12.0 Å². The van der Waals surface area contributed by atoms with Gasteiger partial charge in [0.25, 0.3) is 0 Å². The van der Waals surface area contributed by atoms with Gasteiger partial charge in [-0.2, -0.15) is 0 Å². The minimum Gasteiger partial charge on any atom is -0.312 e. The highest BCUT2D eigenvalue weighted by atomic mass is 14.9. The molecule has 0 radical (unpaired) electrons. The van der Waals surface area contributed by atoms with Crippen molar-refractivity contribution >= 4 is 0 Å². The fourth-order valence-electron chi connectivity index (χ4n) is 3.71. The second-order valence-corrected chi connectivity index (χ2v) is 6.45. The van der Waals surface area contributed by atoms with Crippen LogP contribution in [-0.4, -0.2) is 6.54 Å². The molecule has 0 bridgehead atoms. The first kappa shape index (κ1) is 13.2. The molecule has 19 heavy (non-hydrogen) atoms. The van der Waals surface area contributed by atoms with Crippen LogP contribution in [0.2, 0.25) is 0 Å². The van der Waals surface area contributed by atoms with Crippen molar-refractivity contribution in [3.8, 4) is 0 Å². The van der Waals surface area contributed by atoms with Crippen LogP contribution in [0.5, 0.6) is 0 Å². The highest BCUT2D eigenvalue weighted by Gasteiger charge is 2.13. The maximum absolute atomic E-state index is 3.68. The van der Waals surface area contributed by atoms with E-state index in [0.717, 1.165) is 12.5 Å². The summed E-state index contributed by atoms with van der Waals surface area (Å²) in [4.78, 5) is 0. The summed E-state index contributed by atoms with van der Waals surface area (Å²) in [5.74, 6) is 0.936. The van der Waals surface area contributed by atoms with Crippen LogP contribution >= 0.6 is 0 Å². The second kappa shape index (κ2) is 6.56. The highest BCUT2D eigenvalue weighted by molar-refractivity contribution is 5.33. The van der Waals surface area contributed by atoms with Crippen molar-refractivity contribution in [1.82, 2.24) is 5.32 Å². The van der Waals surface area contributed by atoms with Gasteiger partial charge in [0, 0.05) is 6.54 Å². The van der Waals surface area contributed by atoms with Crippen LogP contribution in [0.3, 0.4) is 0 Å². The molecule has 0 aliphatic heterocycles. The van der Waals surface area contributed by atoms with Crippen LogP contribution in [0.25, 0.3) is 0 Å². The minimum atomic E-state index is 0.936. The van der Waals surface area contributed by atoms with Gasteiger partial charge in [-0.15, -0.1) is 0 Å². The lowest BCUT2D eigenvalue weighted by Crippen LogP contribution is -2.24. The Bertz CT molecular complexity index is 404. The molecule has 0 amide bonds. The molecule has 1 N–H and O–H groups in total. The molecule has 2 aliphatic carbocycles. The van der Waals surface area contributed by atoms with Gasteiger partial charge in [0.15, 0.2) is 0 Å². The zero-order chi connectivity index (χ0) is 12.9. The Morgan fingerprint density at radius 3 is 2.53 bits per heavy atom. The molecular weight excluding hydrogens is 230 g/mol. The molecule has 0 aromatic heterocycles. The monoisotopic (exact) mass is 257 g/mol. The molecule has 0 heterocycles. The van der Waals surface area contributed by atoms with E-state index in [2.05, 4.69) is 23.5 Å². The summed E-state index contributed by atoms with van der Waals surface area (Å²) in [6, 6.07) is 7.15. The normalized spacial score (nSPS) is 20.2. The average molecular weight is 257 g/mol. The van der Waals surface area contributed by atoms with Gasteiger partial charge < -0.3 is 5.32 Å². The minimum absolute atomic E-state index is 0.936. The highest BCUT2D eigenvalue weighted by Crippen LogP contribution is 2.24. The molecule has 1 aromatic carbocycles. The van der Waals surface area contributed by atoms with E-state index >= 15 is 0 Å². The quantitative estimate of drug-likeness (QED) is 0.851. The fraction of sp³-hybridized carbons (Fsp3) is 0.667. The maximum atomic E-state index is 3.68. The van der Waals surface area contributed by atoms with Crippen molar-refractivity contribution in [3.63, 3.8) is 0 Å². The molecule has 1 aromatic rings. The Balaban J connectivity index is 1.49. The van der Waals surface area contributed by atoms with E-state index in [4.69, 9.17) is 0 Å². The zero-order valence-corrected chi connectivity index (χ0v) is 12.1. The summed E-state index contributed by atoms with van der Waals surface area (Å²) in [6.07, 6.45) is 12.6. The number of hydrogen-bond acceptors (Lipinski definition) is 1. The van der Waals surface area contributed by atoms with E-state index in [0.29, 0.717) is 0 Å². The largest absolute Gasteiger partial charge is 0.312 e. The lowest BCUT2D eigenvalue weighted by atomic mass is 9.89. The Labute approximate surface area is 117 Å². The molecule has 3 rings (SSSR count). The third-order valence-corrected chi connectivity index (χ3v) is 4.90. The summed E-state index contributed by atoms with van der Waals surface area (Å²) in [5, 5.41) is 3.68. The maximum Gasteiger partial charge on any atom is 0.0205 e. The third kappa shape index (κ3) is 3.60. The first-order valence-electron chi connectivity index (χ1n) is 8.23. The van der Waals surface area contributed by atoms with Gasteiger partial charge in [0.05, 0.1) is 0 Å². The fourth-order valence-corrected chi connectivity index (χ4v) is 3.71. The summed E-state index contributed by atoms with van der Waals surface area (Å²) in [6.45, 7) is 2.28. The second-order valence-electron chi connectivity index (χ2n) is 6.45. The van der Waals surface area contributed by atoms with Gasteiger partial charge in [-0.1, -0.05) is 37.5 Å². The predicted molar refractivity (Wildman–Crippen MR) is 81.4 cm³/mol. The molecule has 104 valence electrons. The van der Waals surface area contributed by atoms with Gasteiger partial charge >= 0.3 is 0 Å². The summed E-state index contributed by atoms with van der Waals surface area (Å²) >= 11 is 0. The molecule has 0 saturated heterocycles. The van der Waals surface area contributed by atoms with E-state index < -0.39 is 0 Å². The number of benzene rings is 1. The van der Waals surface area contributed by atoms with Crippen LogP contribution in [0.1, 0.15) is 61.6 Å². The van der Waals surface area contributed by atoms with Crippen molar-refractivity contribution < 1.29 is 0 Å². The third-order valence-electron chi connectivity index (χ3n) is 4.90. The first-order chi connectivity index (χ1) is 9.42. The average Bonchev–Trinajstić information content (AvgIpc) is 2.48. The van der Waals surface area contributed by atoms with Crippen LogP contribution in [0.4, 0.5) is 0 Å². The SMILES string of the molecule is c1cc2c(cc1CNCC1CCCCC1)CCCC2. The molecule has 1 fully saturated rings. The standard InChI is InChI=1S/C18H27N/c1-2-6-15(7-3-1)13-19-14-16-10-11-17-8-4-5-9-18(17)12-16/h10-12,15,19H,1-9,13-14H2. The van der Waals surface area contributed by atoms with Gasteiger partial charge in [0.2, 0.25) is 0 Å². The molecule has 0 spiro atoms. The smallest absolute Gasteiger partial charge is 0.0205 e. The predicted octanol–water partition coefficient (Wildman–Crippen LogP) is 4.24. The molecule has 0 atom stereocenters. The van der Waals surface area contributed by atoms with Crippen LogP contribution in [-0.2, 0) is 19.4 Å². The molecule has 1 saturated carbocycles. The van der Waals surface area contributed by atoms with Gasteiger partial charge in [-0.05, 0) is 67.7 Å². The van der Waals surface area contributed by atoms with Crippen molar-refractivity contribution in [1.29, 1.82) is 0 Å². The molecule has 1 heteroatoms. The number of fused-ring (bicyclic) bond motifs is 1. The number of rotatable bonds is 4. The summed E-state index contributed by atoms with van der Waals surface area (Å²) in [5.41, 5.74) is 4.70. The Morgan fingerprint density at radius 1 is 0.895 bits per heavy atom. The van der Waals surface area contributed by atoms with E-state index in [1.54, 1.807) is 11.1 Å². The number of aryl methyl sites for hydroxylation is 2. The molecule has 0 unspecified atom stereocenters. The van der Waals surface area contributed by atoms with Crippen LogP contribution in [0, 0.1) is 5.92 Å². The molecule has 2 aliphatic rings. The van der Waals surface area contributed by atoms with E-state index in [-0.39, 0.29) is 0 Å². The molecular formula is C18H27N. The van der Waals surface area contributed by atoms with Crippen LogP contribution < -0.4 is 5.32 Å². The van der Waals surface area contributed by atoms with E-state index in [1.165, 1.54) is 69.9 Å². The number of hydrogen-bond donors (Lipinski definition) is 1. The van der Waals surface area contributed by atoms with Crippen molar-refractivity contribution in [2.24, 2.45) is 5.92 Å². The first-order valence-corrected chi connectivity index (χ1v) is 8.23. The lowest BCUT2D eigenvalue weighted by molar-refractivity contribution is 0.342. The van der Waals surface area contributed by atoms with E-state index in [1.807, 2.05) is 0 Å². The Hall–Kier alpha value is -0.820. The van der Waals surface area contributed by atoms with Gasteiger partial charge in [-0.3, -0.25) is 0 Å². The van der Waals surface area contributed by atoms with Crippen molar-refractivity contribution in [2.75, 3.05) is 6.54 Å². The van der Waals surface area contributed by atoms with Gasteiger partial charge in [0.1, 0.15) is 0 Å². The molecule has 1 nitrogen and oxygen atoms in total. The Morgan fingerprint density at radius 2 is 1.68 bits per heavy atom. The Kier molecular flexibility index (Phi) is 4.55. The summed E-state index contributed by atoms with van der Waals surface area (Å²) < 4.78 is 0. The lowest BCUT2D eigenvalue weighted by Gasteiger charge is -2.22. The van der Waals surface area contributed by atoms with Crippen molar-refractivity contribution in [3.05, 3.63) is 34.9 Å².